The molecule has 1 aliphatic carbocycles. The minimum Gasteiger partial charge on any atom is -0.469 e. The van der Waals surface area contributed by atoms with Gasteiger partial charge in [-0.2, -0.15) is 0 Å². The molecular weight excluding hydrogens is 476 g/mol. The minimum absolute atomic E-state index is 0.0964. The molecule has 3 heterocycles. The fourth-order valence-electron chi connectivity index (χ4n) is 6.75. The van der Waals surface area contributed by atoms with Crippen molar-refractivity contribution < 1.29 is 19.1 Å². The van der Waals surface area contributed by atoms with Crippen LogP contribution in [0.2, 0.25) is 0 Å². The van der Waals surface area contributed by atoms with Gasteiger partial charge in [-0.3, -0.25) is 4.79 Å². The number of hydrogen-bond donors (Lipinski definition) is 0. The van der Waals surface area contributed by atoms with E-state index >= 15 is 0 Å². The van der Waals surface area contributed by atoms with Crippen LogP contribution in [0.3, 0.4) is 0 Å². The highest BCUT2D eigenvalue weighted by atomic mass is 16.6. The zero-order valence-electron chi connectivity index (χ0n) is 22.3. The molecule has 1 spiro atoms. The van der Waals surface area contributed by atoms with Gasteiger partial charge in [-0.05, 0) is 54.8 Å². The van der Waals surface area contributed by atoms with Gasteiger partial charge in [0.05, 0.1) is 18.6 Å². The van der Waals surface area contributed by atoms with Crippen molar-refractivity contribution in [3.8, 4) is 0 Å². The van der Waals surface area contributed by atoms with E-state index in [1.54, 1.807) is 0 Å². The molecule has 194 valence electrons. The molecule has 0 amide bonds. The summed E-state index contributed by atoms with van der Waals surface area (Å²) >= 11 is 0. The number of carbonyl (C=O) groups is 2. The number of benzene rings is 3. The number of rotatable bonds is 3. The van der Waals surface area contributed by atoms with E-state index in [9.17, 15) is 9.59 Å². The van der Waals surface area contributed by atoms with Gasteiger partial charge in [0.1, 0.15) is 0 Å². The van der Waals surface area contributed by atoms with Crippen LogP contribution in [0.1, 0.15) is 64.0 Å². The summed E-state index contributed by atoms with van der Waals surface area (Å²) in [7, 11) is 1.44. The fraction of sp³-hybridized carbons (Fsp3) is 0.375. The Labute approximate surface area is 223 Å². The molecule has 0 radical (unpaired) electrons. The first-order valence-corrected chi connectivity index (χ1v) is 13.5. The second-order valence-electron chi connectivity index (χ2n) is 11.7. The maximum Gasteiger partial charge on any atom is 0.340 e. The Kier molecular flexibility index (Phi) is 4.82. The second kappa shape index (κ2) is 7.85. The number of aryl methyl sites for hydroxylation is 1. The second-order valence-corrected chi connectivity index (χ2v) is 11.7. The summed E-state index contributed by atoms with van der Waals surface area (Å²) in [5.41, 5.74) is 8.00. The van der Waals surface area contributed by atoms with E-state index < -0.39 is 5.60 Å². The molecule has 6 nitrogen and oxygen atoms in total. The van der Waals surface area contributed by atoms with Crippen LogP contribution in [0.4, 0.5) is 11.4 Å². The van der Waals surface area contributed by atoms with Crippen molar-refractivity contribution in [3.05, 3.63) is 93.5 Å². The third-order valence-corrected chi connectivity index (χ3v) is 9.13. The van der Waals surface area contributed by atoms with Crippen molar-refractivity contribution in [3.63, 3.8) is 0 Å². The maximum atomic E-state index is 13.3. The lowest BCUT2D eigenvalue weighted by Gasteiger charge is -2.46. The number of nitrogens with zero attached hydrogens (tertiary/aromatic N) is 2. The van der Waals surface area contributed by atoms with Crippen LogP contribution in [-0.4, -0.2) is 45.2 Å². The van der Waals surface area contributed by atoms with Crippen LogP contribution in [0.15, 0.2) is 54.6 Å². The zero-order valence-corrected chi connectivity index (χ0v) is 22.3. The molecule has 0 N–H and O–H groups in total. The van der Waals surface area contributed by atoms with E-state index in [0.717, 1.165) is 46.6 Å². The van der Waals surface area contributed by atoms with Crippen molar-refractivity contribution in [2.24, 2.45) is 5.92 Å². The Bertz CT molecular complexity index is 1520. The molecule has 3 aromatic rings. The van der Waals surface area contributed by atoms with Gasteiger partial charge in [-0.15, -0.1) is 0 Å². The Hall–Kier alpha value is -3.80. The Morgan fingerprint density at radius 3 is 2.08 bits per heavy atom. The highest BCUT2D eigenvalue weighted by Gasteiger charge is 2.56. The SMILES string of the molecule is COC(=O)C1CN(c2ccc3c(c2)C(C)(C)c2cc(N4CCC4)ccc2C32OC(=O)c3ccc(C)cc32)C1. The van der Waals surface area contributed by atoms with Gasteiger partial charge in [0.25, 0.3) is 0 Å². The number of hydrogen-bond acceptors (Lipinski definition) is 6. The van der Waals surface area contributed by atoms with Crippen molar-refractivity contribution in [1.82, 2.24) is 0 Å². The molecule has 4 aliphatic rings. The lowest BCUT2D eigenvalue weighted by molar-refractivity contribution is -0.146. The van der Waals surface area contributed by atoms with Crippen LogP contribution < -0.4 is 9.80 Å². The molecule has 7 rings (SSSR count). The van der Waals surface area contributed by atoms with Crippen LogP contribution in [-0.2, 0) is 25.3 Å². The number of methoxy groups -OCH3 is 1. The normalized spacial score (nSPS) is 22.7. The molecule has 3 aliphatic heterocycles. The van der Waals surface area contributed by atoms with Crippen LogP contribution in [0.25, 0.3) is 0 Å². The first-order valence-electron chi connectivity index (χ1n) is 13.5. The van der Waals surface area contributed by atoms with E-state index in [2.05, 4.69) is 73.0 Å². The molecule has 0 bridgehead atoms. The van der Waals surface area contributed by atoms with Crippen LogP contribution >= 0.6 is 0 Å². The average Bonchev–Trinajstić information content (AvgIpc) is 3.13. The van der Waals surface area contributed by atoms with E-state index in [1.807, 2.05) is 12.1 Å². The van der Waals surface area contributed by atoms with Crippen molar-refractivity contribution in [1.29, 1.82) is 0 Å². The Balaban J connectivity index is 1.43. The summed E-state index contributed by atoms with van der Waals surface area (Å²) in [6.45, 7) is 10.0. The zero-order chi connectivity index (χ0) is 26.4. The van der Waals surface area contributed by atoms with E-state index in [4.69, 9.17) is 9.47 Å². The predicted octanol–water partition coefficient (Wildman–Crippen LogP) is 4.92. The summed E-state index contributed by atoms with van der Waals surface area (Å²) in [4.78, 5) is 30.0. The number of anilines is 2. The molecule has 2 fully saturated rings. The van der Waals surface area contributed by atoms with Gasteiger partial charge in [0.15, 0.2) is 5.60 Å². The molecule has 0 saturated carbocycles. The molecule has 2 saturated heterocycles. The Morgan fingerprint density at radius 1 is 0.868 bits per heavy atom. The minimum atomic E-state index is -0.992. The van der Waals surface area contributed by atoms with Crippen LogP contribution in [0.5, 0.6) is 0 Å². The lowest BCUT2D eigenvalue weighted by atomic mass is 9.61. The number of esters is 2. The molecule has 0 aromatic heterocycles. The van der Waals surface area contributed by atoms with E-state index in [-0.39, 0.29) is 23.3 Å². The van der Waals surface area contributed by atoms with Gasteiger partial charge >= 0.3 is 11.9 Å². The summed E-state index contributed by atoms with van der Waals surface area (Å²) in [6.07, 6.45) is 1.21. The van der Waals surface area contributed by atoms with Gasteiger partial charge in [0, 0.05) is 59.7 Å². The monoisotopic (exact) mass is 508 g/mol. The van der Waals surface area contributed by atoms with Gasteiger partial charge < -0.3 is 19.3 Å². The van der Waals surface area contributed by atoms with E-state index in [1.165, 1.54) is 24.8 Å². The highest BCUT2D eigenvalue weighted by molar-refractivity contribution is 5.97. The fourth-order valence-corrected chi connectivity index (χ4v) is 6.75. The molecular formula is C32H32N2O4. The average molecular weight is 509 g/mol. The summed E-state index contributed by atoms with van der Waals surface area (Å²) < 4.78 is 11.4. The van der Waals surface area contributed by atoms with Crippen molar-refractivity contribution >= 4 is 23.3 Å². The molecule has 1 unspecified atom stereocenters. The quantitative estimate of drug-likeness (QED) is 0.469. The topological polar surface area (TPSA) is 59.1 Å². The summed E-state index contributed by atoms with van der Waals surface area (Å²) in [6, 6.07) is 19.1. The first-order chi connectivity index (χ1) is 18.2. The molecule has 3 aromatic carbocycles. The molecule has 1 atom stereocenters. The first kappa shape index (κ1) is 23.3. The summed E-state index contributed by atoms with van der Waals surface area (Å²) in [5, 5.41) is 0. The van der Waals surface area contributed by atoms with Crippen LogP contribution in [0, 0.1) is 12.8 Å². The summed E-state index contributed by atoms with van der Waals surface area (Å²) in [5.74, 6) is -0.534. The Morgan fingerprint density at radius 2 is 1.50 bits per heavy atom. The molecule has 6 heteroatoms. The van der Waals surface area contributed by atoms with Gasteiger partial charge in [0.2, 0.25) is 0 Å². The lowest BCUT2D eigenvalue weighted by Crippen LogP contribution is -2.51. The third kappa shape index (κ3) is 3.00. The maximum absolute atomic E-state index is 13.3. The highest BCUT2D eigenvalue weighted by Crippen LogP contribution is 2.57. The van der Waals surface area contributed by atoms with Crippen molar-refractivity contribution in [2.45, 2.75) is 38.2 Å². The van der Waals surface area contributed by atoms with E-state index in [0.29, 0.717) is 18.7 Å². The number of fused-ring (bicyclic) bond motifs is 6. The largest absolute Gasteiger partial charge is 0.469 e. The van der Waals surface area contributed by atoms with Gasteiger partial charge in [-0.25, -0.2) is 4.79 Å². The third-order valence-electron chi connectivity index (χ3n) is 9.13. The predicted molar refractivity (Wildman–Crippen MR) is 146 cm³/mol. The number of carbonyl (C=O) groups excluding carboxylic acids is 2. The smallest absolute Gasteiger partial charge is 0.340 e. The van der Waals surface area contributed by atoms with Gasteiger partial charge in [-0.1, -0.05) is 43.7 Å². The number of ether oxygens (including phenoxy) is 2. The standard InChI is InChI=1S/C32H32N2O4/c1-19-6-9-23-26(14-19)32(38-30(23)36)24-10-7-21(33-12-5-13-33)15-27(24)31(2,3)28-16-22(8-11-25(28)32)34-17-20(18-34)29(35)37-4/h6-11,14-16,20H,5,12-13,17-18H2,1-4H3. The molecule has 38 heavy (non-hydrogen) atoms. The van der Waals surface area contributed by atoms with Crippen molar-refractivity contribution in [2.75, 3.05) is 43.1 Å².